The third kappa shape index (κ3) is 4.36. The van der Waals surface area contributed by atoms with Crippen LogP contribution in [0.2, 0.25) is 5.02 Å². The van der Waals surface area contributed by atoms with E-state index in [1.165, 1.54) is 6.07 Å². The largest absolute Gasteiger partial charge is 0.495 e. The molecule has 0 atom stereocenters. The van der Waals surface area contributed by atoms with Crippen molar-refractivity contribution in [2.75, 3.05) is 17.7 Å². The highest BCUT2D eigenvalue weighted by Gasteiger charge is 2.07. The quantitative estimate of drug-likeness (QED) is 0.672. The molecule has 0 fully saturated rings. The van der Waals surface area contributed by atoms with Crippen LogP contribution in [0.5, 0.6) is 5.75 Å². The van der Waals surface area contributed by atoms with Crippen molar-refractivity contribution >= 4 is 29.1 Å². The zero-order chi connectivity index (χ0) is 17.6. The molecule has 3 rings (SSSR count). The number of rotatable bonds is 6. The number of nitrogens with zero attached hydrogens (tertiary/aromatic N) is 2. The number of hydrogen-bond acceptors (Lipinski definition) is 5. The molecule has 1 heterocycles. The molecule has 3 aromatic rings. The standard InChI is InChI=1S/C18H16ClFN4O/c1-25-16-7-6-13(19)10-15(16)23-17-8-9-21-18(24-17)22-11-12-4-2-3-5-14(12)20/h2-10H,11H2,1H3,(H2,21,22,23,24). The molecule has 0 saturated heterocycles. The molecule has 0 spiro atoms. The van der Waals surface area contributed by atoms with Gasteiger partial charge >= 0.3 is 0 Å². The van der Waals surface area contributed by atoms with Crippen LogP contribution in [0.4, 0.5) is 21.8 Å². The number of benzene rings is 2. The lowest BCUT2D eigenvalue weighted by atomic mass is 10.2. The van der Waals surface area contributed by atoms with Crippen LogP contribution < -0.4 is 15.4 Å². The maximum atomic E-state index is 13.7. The molecule has 7 heteroatoms. The topological polar surface area (TPSA) is 59.1 Å². The molecule has 0 aliphatic heterocycles. The molecular formula is C18H16ClFN4O. The van der Waals surface area contributed by atoms with E-state index in [1.807, 2.05) is 0 Å². The highest BCUT2D eigenvalue weighted by atomic mass is 35.5. The first kappa shape index (κ1) is 17.0. The molecule has 5 nitrogen and oxygen atoms in total. The molecular weight excluding hydrogens is 343 g/mol. The number of aromatic nitrogens is 2. The summed E-state index contributed by atoms with van der Waals surface area (Å²) in [6.07, 6.45) is 1.61. The SMILES string of the molecule is COc1ccc(Cl)cc1Nc1ccnc(NCc2ccccc2F)n1. The minimum absolute atomic E-state index is 0.270. The van der Waals surface area contributed by atoms with Gasteiger partial charge in [0.25, 0.3) is 0 Å². The van der Waals surface area contributed by atoms with E-state index >= 15 is 0 Å². The predicted molar refractivity (Wildman–Crippen MR) is 97.0 cm³/mol. The molecule has 0 amide bonds. The average molecular weight is 359 g/mol. The molecule has 0 unspecified atom stereocenters. The minimum atomic E-state index is -0.270. The van der Waals surface area contributed by atoms with Gasteiger partial charge in [-0.1, -0.05) is 29.8 Å². The van der Waals surface area contributed by atoms with Crippen molar-refractivity contribution in [3.05, 3.63) is 71.1 Å². The lowest BCUT2D eigenvalue weighted by Gasteiger charge is -2.12. The van der Waals surface area contributed by atoms with Gasteiger partial charge < -0.3 is 15.4 Å². The molecule has 0 radical (unpaired) electrons. The fraction of sp³-hybridized carbons (Fsp3) is 0.111. The Morgan fingerprint density at radius 1 is 1.16 bits per heavy atom. The number of methoxy groups -OCH3 is 1. The van der Waals surface area contributed by atoms with E-state index in [1.54, 1.807) is 55.8 Å². The normalized spacial score (nSPS) is 10.4. The first-order valence-corrected chi connectivity index (χ1v) is 7.94. The third-order valence-corrected chi connectivity index (χ3v) is 3.71. The number of hydrogen-bond donors (Lipinski definition) is 2. The Bertz CT molecular complexity index is 875. The monoisotopic (exact) mass is 358 g/mol. The Kier molecular flexibility index (Phi) is 5.30. The Balaban J connectivity index is 1.74. The summed E-state index contributed by atoms with van der Waals surface area (Å²) in [6, 6.07) is 13.5. The predicted octanol–water partition coefficient (Wildman–Crippen LogP) is 4.63. The van der Waals surface area contributed by atoms with E-state index < -0.39 is 0 Å². The summed E-state index contributed by atoms with van der Waals surface area (Å²) < 4.78 is 19.0. The van der Waals surface area contributed by atoms with Crippen LogP contribution in [0.15, 0.2) is 54.7 Å². The van der Waals surface area contributed by atoms with E-state index in [4.69, 9.17) is 16.3 Å². The zero-order valence-corrected chi connectivity index (χ0v) is 14.2. The van der Waals surface area contributed by atoms with Crippen molar-refractivity contribution in [1.82, 2.24) is 9.97 Å². The van der Waals surface area contributed by atoms with Crippen LogP contribution in [0, 0.1) is 5.82 Å². The third-order valence-electron chi connectivity index (χ3n) is 3.47. The average Bonchev–Trinajstić information content (AvgIpc) is 2.62. The molecule has 2 N–H and O–H groups in total. The van der Waals surface area contributed by atoms with Gasteiger partial charge in [0, 0.05) is 23.3 Å². The van der Waals surface area contributed by atoms with Crippen molar-refractivity contribution in [1.29, 1.82) is 0 Å². The van der Waals surface area contributed by atoms with Gasteiger partial charge in [-0.15, -0.1) is 0 Å². The van der Waals surface area contributed by atoms with Gasteiger partial charge in [0.05, 0.1) is 12.8 Å². The molecule has 0 aliphatic carbocycles. The van der Waals surface area contributed by atoms with Crippen molar-refractivity contribution in [3.63, 3.8) is 0 Å². The fourth-order valence-electron chi connectivity index (χ4n) is 2.25. The van der Waals surface area contributed by atoms with E-state index in [-0.39, 0.29) is 12.4 Å². The van der Waals surface area contributed by atoms with Crippen LogP contribution in [0.25, 0.3) is 0 Å². The molecule has 128 valence electrons. The molecule has 0 bridgehead atoms. The second-order valence-corrected chi connectivity index (χ2v) is 5.62. The Morgan fingerprint density at radius 2 is 2.00 bits per heavy atom. The Hall–Kier alpha value is -2.86. The Morgan fingerprint density at radius 3 is 2.80 bits per heavy atom. The Labute approximate surface area is 149 Å². The fourth-order valence-corrected chi connectivity index (χ4v) is 2.42. The van der Waals surface area contributed by atoms with Crippen LogP contribution in [-0.2, 0) is 6.54 Å². The van der Waals surface area contributed by atoms with E-state index in [9.17, 15) is 4.39 Å². The number of ether oxygens (including phenoxy) is 1. The van der Waals surface area contributed by atoms with E-state index in [0.29, 0.717) is 33.8 Å². The zero-order valence-electron chi connectivity index (χ0n) is 13.5. The molecule has 0 aliphatic rings. The van der Waals surface area contributed by atoms with Gasteiger partial charge in [0.2, 0.25) is 5.95 Å². The summed E-state index contributed by atoms with van der Waals surface area (Å²) in [5, 5.41) is 6.73. The van der Waals surface area contributed by atoms with Crippen LogP contribution in [0.1, 0.15) is 5.56 Å². The van der Waals surface area contributed by atoms with Gasteiger partial charge in [-0.05, 0) is 30.3 Å². The van der Waals surface area contributed by atoms with Crippen molar-refractivity contribution in [2.45, 2.75) is 6.54 Å². The maximum absolute atomic E-state index is 13.7. The second-order valence-electron chi connectivity index (χ2n) is 5.18. The highest BCUT2D eigenvalue weighted by Crippen LogP contribution is 2.30. The van der Waals surface area contributed by atoms with E-state index in [0.717, 1.165) is 0 Å². The number of nitrogens with one attached hydrogen (secondary N) is 2. The number of anilines is 3. The minimum Gasteiger partial charge on any atom is -0.495 e. The summed E-state index contributed by atoms with van der Waals surface area (Å²) >= 11 is 6.03. The lowest BCUT2D eigenvalue weighted by molar-refractivity contribution is 0.417. The van der Waals surface area contributed by atoms with Crippen LogP contribution in [-0.4, -0.2) is 17.1 Å². The first-order valence-electron chi connectivity index (χ1n) is 7.56. The molecule has 1 aromatic heterocycles. The van der Waals surface area contributed by atoms with Gasteiger partial charge in [-0.2, -0.15) is 4.98 Å². The maximum Gasteiger partial charge on any atom is 0.224 e. The van der Waals surface area contributed by atoms with Gasteiger partial charge in [0.1, 0.15) is 17.4 Å². The van der Waals surface area contributed by atoms with Crippen molar-refractivity contribution in [3.8, 4) is 5.75 Å². The first-order chi connectivity index (χ1) is 12.2. The summed E-state index contributed by atoms with van der Waals surface area (Å²) in [5.41, 5.74) is 1.23. The van der Waals surface area contributed by atoms with Gasteiger partial charge in [-0.25, -0.2) is 9.37 Å². The van der Waals surface area contributed by atoms with Gasteiger partial charge in [-0.3, -0.25) is 0 Å². The summed E-state index contributed by atoms with van der Waals surface area (Å²) in [7, 11) is 1.58. The van der Waals surface area contributed by atoms with Gasteiger partial charge in [0.15, 0.2) is 0 Å². The van der Waals surface area contributed by atoms with Crippen molar-refractivity contribution < 1.29 is 9.13 Å². The summed E-state index contributed by atoms with van der Waals surface area (Å²) in [6.45, 7) is 0.288. The summed E-state index contributed by atoms with van der Waals surface area (Å²) in [4.78, 5) is 8.51. The molecule has 0 saturated carbocycles. The van der Waals surface area contributed by atoms with E-state index in [2.05, 4.69) is 20.6 Å². The van der Waals surface area contributed by atoms with Crippen molar-refractivity contribution in [2.24, 2.45) is 0 Å². The molecule has 25 heavy (non-hydrogen) atoms. The second kappa shape index (κ2) is 7.81. The summed E-state index contributed by atoms with van der Waals surface area (Å²) in [5.74, 6) is 1.32. The number of halogens is 2. The lowest BCUT2D eigenvalue weighted by Crippen LogP contribution is -2.06. The van der Waals surface area contributed by atoms with Crippen LogP contribution >= 0.6 is 11.6 Å². The smallest absolute Gasteiger partial charge is 0.224 e. The molecule has 2 aromatic carbocycles. The van der Waals surface area contributed by atoms with Crippen LogP contribution in [0.3, 0.4) is 0 Å². The highest BCUT2D eigenvalue weighted by molar-refractivity contribution is 6.31.